The van der Waals surface area contributed by atoms with Crippen molar-refractivity contribution in [1.82, 2.24) is 19.4 Å². The molecule has 0 bridgehead atoms. The van der Waals surface area contributed by atoms with Crippen LogP contribution in [0.3, 0.4) is 0 Å². The zero-order valence-corrected chi connectivity index (χ0v) is 21.1. The highest BCUT2D eigenvalue weighted by Gasteiger charge is 2.21. The van der Waals surface area contributed by atoms with Crippen LogP contribution in [-0.2, 0) is 11.5 Å². The minimum atomic E-state index is -1.26. The molecule has 0 unspecified atom stereocenters. The molecule has 173 valence electrons. The van der Waals surface area contributed by atoms with Gasteiger partial charge in [-0.15, -0.1) is 19.2 Å². The Morgan fingerprint density at radius 2 is 1.45 bits per heavy atom. The average Bonchev–Trinajstić information content (AvgIpc) is 3.06. The van der Waals surface area contributed by atoms with Crippen LogP contribution in [0.2, 0.25) is 35.7 Å². The predicted molar refractivity (Wildman–Crippen MR) is 135 cm³/mol. The van der Waals surface area contributed by atoms with E-state index in [0.29, 0.717) is 44.6 Å². The first kappa shape index (κ1) is 23.5. The van der Waals surface area contributed by atoms with Crippen LogP contribution in [0.5, 0.6) is 0 Å². The number of rotatable bonds is 7. The molecule has 0 fully saturated rings. The Labute approximate surface area is 201 Å². The van der Waals surface area contributed by atoms with Crippen molar-refractivity contribution in [2.75, 3.05) is 6.61 Å². The van der Waals surface area contributed by atoms with Crippen LogP contribution >= 0.6 is 23.2 Å². The lowest BCUT2D eigenvalue weighted by Gasteiger charge is -2.26. The molecule has 4 rings (SSSR count). The van der Waals surface area contributed by atoms with Gasteiger partial charge >= 0.3 is 5.69 Å². The summed E-state index contributed by atoms with van der Waals surface area (Å²) < 4.78 is 8.11. The van der Waals surface area contributed by atoms with Gasteiger partial charge in [-0.1, -0.05) is 47.5 Å². The van der Waals surface area contributed by atoms with Crippen molar-refractivity contribution < 1.29 is 4.74 Å². The molecule has 0 atom stereocenters. The topological polar surface area (TPSA) is 81.4 Å². The summed E-state index contributed by atoms with van der Waals surface area (Å²) in [7, 11) is -1.26. The minimum absolute atomic E-state index is 0.00333. The second-order valence-electron chi connectivity index (χ2n) is 8.99. The van der Waals surface area contributed by atoms with E-state index in [0.717, 1.165) is 10.6 Å². The van der Waals surface area contributed by atoms with E-state index in [1.807, 2.05) is 0 Å². The van der Waals surface area contributed by atoms with Gasteiger partial charge in [-0.25, -0.2) is 4.79 Å². The van der Waals surface area contributed by atoms with Gasteiger partial charge in [-0.3, -0.25) is 9.89 Å². The lowest BCUT2D eigenvalue weighted by Crippen LogP contribution is -2.28. The van der Waals surface area contributed by atoms with E-state index in [1.165, 1.54) is 4.68 Å². The van der Waals surface area contributed by atoms with Crippen LogP contribution in [0.15, 0.2) is 58.1 Å². The van der Waals surface area contributed by atoms with E-state index in [2.05, 4.69) is 29.8 Å². The summed E-state index contributed by atoms with van der Waals surface area (Å²) in [6, 6.07) is 15.0. The highest BCUT2D eigenvalue weighted by molar-refractivity contribution is 6.76. The molecule has 0 amide bonds. The number of halogens is 2. The second-order valence-corrected chi connectivity index (χ2v) is 15.5. The van der Waals surface area contributed by atoms with Crippen LogP contribution < -0.4 is 11.2 Å². The van der Waals surface area contributed by atoms with Gasteiger partial charge in [0.2, 0.25) is 0 Å². The van der Waals surface area contributed by atoms with Crippen molar-refractivity contribution in [2.45, 2.75) is 32.4 Å². The summed E-state index contributed by atoms with van der Waals surface area (Å²) >= 11 is 12.1. The van der Waals surface area contributed by atoms with Crippen LogP contribution in [0, 0.1) is 0 Å². The van der Waals surface area contributed by atoms with Crippen molar-refractivity contribution in [3.63, 3.8) is 0 Å². The molecule has 33 heavy (non-hydrogen) atoms. The number of ether oxygens (including phenoxy) is 1. The van der Waals surface area contributed by atoms with Crippen molar-refractivity contribution in [3.8, 4) is 22.3 Å². The van der Waals surface area contributed by atoms with E-state index >= 15 is 0 Å². The number of nitrogens with one attached hydrogen (secondary N) is 1. The van der Waals surface area contributed by atoms with Crippen LogP contribution in [0.1, 0.15) is 0 Å². The maximum atomic E-state index is 13.2. The number of hydrogen-bond donors (Lipinski definition) is 1. The molecule has 1 N–H and O–H groups in total. The third kappa shape index (κ3) is 5.14. The minimum Gasteiger partial charge on any atom is -0.362 e. The SMILES string of the molecule is C[Si-](C)(C)CCOCn1nc2c(-c3ccc(Cl)cc3)c(-c3ccc(Cl)cc3)c(=O)[nH]n2c1=O. The van der Waals surface area contributed by atoms with Gasteiger partial charge in [0, 0.05) is 22.2 Å². The largest absolute Gasteiger partial charge is 0.367 e. The third-order valence-electron chi connectivity index (χ3n) is 5.23. The number of aromatic amines is 1. The van der Waals surface area contributed by atoms with Gasteiger partial charge in [0.15, 0.2) is 5.65 Å². The third-order valence-corrected chi connectivity index (χ3v) is 7.44. The monoisotopic (exact) mass is 502 g/mol. The fourth-order valence-electron chi connectivity index (χ4n) is 3.45. The fourth-order valence-corrected chi connectivity index (χ4v) is 4.46. The number of H-pyrrole nitrogens is 1. The Bertz CT molecular complexity index is 1400. The molecule has 0 aliphatic rings. The number of aromatic nitrogens is 4. The van der Waals surface area contributed by atoms with Gasteiger partial charge < -0.3 is 4.74 Å². The summed E-state index contributed by atoms with van der Waals surface area (Å²) in [6.45, 7) is 7.33. The van der Waals surface area contributed by atoms with Gasteiger partial charge in [0.1, 0.15) is 6.73 Å². The molecule has 10 heteroatoms. The Morgan fingerprint density at radius 3 is 2.00 bits per heavy atom. The van der Waals surface area contributed by atoms with Crippen molar-refractivity contribution >= 4 is 36.9 Å². The normalized spacial score (nSPS) is 11.9. The fraction of sp³-hybridized carbons (Fsp3) is 0.261. The summed E-state index contributed by atoms with van der Waals surface area (Å²) in [5.41, 5.74) is 1.69. The Hall–Kier alpha value is -2.65. The van der Waals surface area contributed by atoms with E-state index in [-0.39, 0.29) is 6.73 Å². The Kier molecular flexibility index (Phi) is 6.63. The highest BCUT2D eigenvalue weighted by Crippen LogP contribution is 2.33. The quantitative estimate of drug-likeness (QED) is 0.280. The first-order valence-electron chi connectivity index (χ1n) is 10.5. The maximum Gasteiger partial charge on any atom is 0.367 e. The zero-order chi connectivity index (χ0) is 23.8. The van der Waals surface area contributed by atoms with Gasteiger partial charge in [0.25, 0.3) is 5.56 Å². The first-order chi connectivity index (χ1) is 15.6. The molecule has 0 aliphatic heterocycles. The maximum absolute atomic E-state index is 13.2. The molecule has 0 saturated heterocycles. The molecule has 2 heterocycles. The lowest BCUT2D eigenvalue weighted by molar-refractivity contribution is 0.0760. The summed E-state index contributed by atoms with van der Waals surface area (Å²) in [4.78, 5) is 26.2. The van der Waals surface area contributed by atoms with E-state index in [9.17, 15) is 9.59 Å². The number of fused-ring (bicyclic) bond motifs is 1. The molecule has 0 saturated carbocycles. The van der Waals surface area contributed by atoms with Gasteiger partial charge in [0.05, 0.1) is 5.56 Å². The second kappa shape index (κ2) is 9.30. The molecule has 7 nitrogen and oxygen atoms in total. The van der Waals surface area contributed by atoms with Crippen molar-refractivity contribution in [3.05, 3.63) is 79.4 Å². The molecule has 0 spiro atoms. The van der Waals surface area contributed by atoms with Crippen LogP contribution in [-0.4, -0.2) is 34.1 Å². The Morgan fingerprint density at radius 1 is 0.909 bits per heavy atom. The zero-order valence-electron chi connectivity index (χ0n) is 18.6. The van der Waals surface area contributed by atoms with Crippen LogP contribution in [0.4, 0.5) is 0 Å². The van der Waals surface area contributed by atoms with Gasteiger partial charge in [-0.05, 0) is 35.4 Å². The average molecular weight is 503 g/mol. The molecule has 0 radical (unpaired) electrons. The number of benzene rings is 2. The van der Waals surface area contributed by atoms with Crippen molar-refractivity contribution in [2.24, 2.45) is 0 Å². The van der Waals surface area contributed by atoms with Crippen molar-refractivity contribution in [1.29, 1.82) is 0 Å². The summed E-state index contributed by atoms with van der Waals surface area (Å²) in [6.07, 6.45) is 0. The summed E-state index contributed by atoms with van der Waals surface area (Å²) in [5.74, 6) is 0. The first-order valence-corrected chi connectivity index (χ1v) is 15.0. The molecule has 4 aromatic rings. The smallest absolute Gasteiger partial charge is 0.362 e. The molecule has 2 aromatic carbocycles. The standard InChI is InChI=1S/C23H24Cl2N4O3Si/c1-33(2,3)13-12-32-14-28-23(31)29-21(26-28)19(15-4-8-17(24)9-5-15)20(22(30)27-29)16-6-10-18(25)11-7-16/h4-11H,12-14H2,1-3H3,(H,27,30)/q-1. The van der Waals surface area contributed by atoms with Crippen LogP contribution in [0.25, 0.3) is 27.9 Å². The summed E-state index contributed by atoms with van der Waals surface area (Å²) in [5, 5.41) is 8.29. The molecule has 2 aromatic heterocycles. The predicted octanol–water partition coefficient (Wildman–Crippen LogP) is 5.14. The van der Waals surface area contributed by atoms with Gasteiger partial charge in [-0.2, -0.15) is 28.8 Å². The number of nitrogens with zero attached hydrogens (tertiary/aromatic N) is 3. The lowest BCUT2D eigenvalue weighted by atomic mass is 9.97. The molecular formula is C23H24Cl2N4O3Si-. The molecular weight excluding hydrogens is 479 g/mol. The van der Waals surface area contributed by atoms with E-state index < -0.39 is 19.3 Å². The van der Waals surface area contributed by atoms with E-state index in [1.54, 1.807) is 48.5 Å². The number of hydrogen-bond acceptors (Lipinski definition) is 4. The van der Waals surface area contributed by atoms with E-state index in [4.69, 9.17) is 27.9 Å². The highest BCUT2D eigenvalue weighted by atomic mass is 35.5. The molecule has 0 aliphatic carbocycles. The Balaban J connectivity index is 1.87.